The Bertz CT molecular complexity index is 525. The molecule has 7 heteroatoms. The third-order valence-corrected chi connectivity index (χ3v) is 4.85. The minimum absolute atomic E-state index is 0.0654. The van der Waals surface area contributed by atoms with E-state index in [0.717, 1.165) is 22.6 Å². The van der Waals surface area contributed by atoms with Gasteiger partial charge in [-0.1, -0.05) is 6.07 Å². The van der Waals surface area contributed by atoms with Gasteiger partial charge in [-0.05, 0) is 37.3 Å². The van der Waals surface area contributed by atoms with Crippen LogP contribution in [0.4, 0.5) is 13.2 Å². The smallest absolute Gasteiger partial charge is 0.401 e. The Labute approximate surface area is 139 Å². The molecule has 0 amide bonds. The van der Waals surface area contributed by atoms with Crippen LogP contribution in [0.2, 0.25) is 0 Å². The zero-order chi connectivity index (χ0) is 17.0. The molecule has 0 saturated carbocycles. The van der Waals surface area contributed by atoms with Crippen LogP contribution < -0.4 is 10.1 Å². The van der Waals surface area contributed by atoms with Crippen molar-refractivity contribution in [2.45, 2.75) is 36.5 Å². The lowest BCUT2D eigenvalue weighted by atomic mass is 10.1. The van der Waals surface area contributed by atoms with E-state index in [9.17, 15) is 13.2 Å². The van der Waals surface area contributed by atoms with Crippen LogP contribution in [0.5, 0.6) is 5.75 Å². The molecule has 0 unspecified atom stereocenters. The van der Waals surface area contributed by atoms with Gasteiger partial charge in [-0.25, -0.2) is 0 Å². The number of benzene rings is 1. The number of alkyl halides is 3. The van der Waals surface area contributed by atoms with Crippen molar-refractivity contribution in [3.8, 4) is 5.75 Å². The fourth-order valence-corrected chi connectivity index (χ4v) is 3.49. The molecule has 1 aromatic carbocycles. The number of ether oxygens (including phenoxy) is 1. The molecule has 0 radical (unpaired) electrons. The van der Waals surface area contributed by atoms with Crippen LogP contribution in [0.1, 0.15) is 24.9 Å². The fraction of sp³-hybridized carbons (Fsp3) is 0.625. The first-order chi connectivity index (χ1) is 10.8. The highest BCUT2D eigenvalue weighted by Gasteiger charge is 2.34. The zero-order valence-electron chi connectivity index (χ0n) is 13.6. The Morgan fingerprint density at radius 1 is 1.43 bits per heavy atom. The van der Waals surface area contributed by atoms with Crippen molar-refractivity contribution in [3.05, 3.63) is 23.8 Å². The SMILES string of the molecule is COc1cc([C@H](C)N[C@@H]2CCN(CC(F)(F)F)C2)ccc1SC. The minimum Gasteiger partial charge on any atom is -0.496 e. The first-order valence-electron chi connectivity index (χ1n) is 7.59. The number of thioether (sulfide) groups is 1. The van der Waals surface area contributed by atoms with Crippen molar-refractivity contribution >= 4 is 11.8 Å². The van der Waals surface area contributed by atoms with E-state index in [1.54, 1.807) is 18.9 Å². The second-order valence-electron chi connectivity index (χ2n) is 5.84. The summed E-state index contributed by atoms with van der Waals surface area (Å²) < 4.78 is 42.7. The average molecular weight is 348 g/mol. The number of methoxy groups -OCH3 is 1. The molecule has 2 atom stereocenters. The summed E-state index contributed by atoms with van der Waals surface area (Å²) in [5.74, 6) is 0.828. The molecule has 0 aromatic heterocycles. The quantitative estimate of drug-likeness (QED) is 0.792. The van der Waals surface area contributed by atoms with E-state index in [1.165, 1.54) is 4.90 Å². The molecule has 130 valence electrons. The molecule has 1 fully saturated rings. The van der Waals surface area contributed by atoms with Crippen LogP contribution in [0.3, 0.4) is 0 Å². The molecule has 1 aromatic rings. The third kappa shape index (κ3) is 5.29. The van der Waals surface area contributed by atoms with Gasteiger partial charge in [-0.3, -0.25) is 4.90 Å². The van der Waals surface area contributed by atoms with Crippen molar-refractivity contribution in [3.63, 3.8) is 0 Å². The Morgan fingerprint density at radius 2 is 2.17 bits per heavy atom. The van der Waals surface area contributed by atoms with Gasteiger partial charge in [0.25, 0.3) is 0 Å². The number of rotatable bonds is 6. The summed E-state index contributed by atoms with van der Waals surface area (Å²) >= 11 is 1.62. The van der Waals surface area contributed by atoms with Gasteiger partial charge >= 0.3 is 6.18 Å². The Balaban J connectivity index is 1.93. The van der Waals surface area contributed by atoms with Gasteiger partial charge in [0.1, 0.15) is 5.75 Å². The van der Waals surface area contributed by atoms with Crippen LogP contribution in [0.25, 0.3) is 0 Å². The van der Waals surface area contributed by atoms with E-state index in [-0.39, 0.29) is 12.1 Å². The largest absolute Gasteiger partial charge is 0.496 e. The lowest BCUT2D eigenvalue weighted by Crippen LogP contribution is -2.37. The normalized spacial score (nSPS) is 20.7. The van der Waals surface area contributed by atoms with E-state index in [4.69, 9.17) is 4.74 Å². The summed E-state index contributed by atoms with van der Waals surface area (Å²) in [4.78, 5) is 2.53. The molecule has 1 aliphatic heterocycles. The lowest BCUT2D eigenvalue weighted by molar-refractivity contribution is -0.143. The predicted octanol–water partition coefficient (Wildman–Crippen LogP) is 3.70. The average Bonchev–Trinajstić information content (AvgIpc) is 2.91. The monoisotopic (exact) mass is 348 g/mol. The maximum Gasteiger partial charge on any atom is 0.401 e. The molecule has 1 heterocycles. The standard InChI is InChI=1S/C16H23F3N2OS/c1-11(12-4-5-15(23-3)14(8-12)22-2)20-13-6-7-21(9-13)10-16(17,18)19/h4-5,8,11,13,20H,6-7,9-10H2,1-3H3/t11-,13+/m0/s1. The number of nitrogens with zero attached hydrogens (tertiary/aromatic N) is 1. The summed E-state index contributed by atoms with van der Waals surface area (Å²) in [5.41, 5.74) is 1.08. The van der Waals surface area contributed by atoms with E-state index in [1.807, 2.05) is 31.4 Å². The molecule has 23 heavy (non-hydrogen) atoms. The number of hydrogen-bond donors (Lipinski definition) is 1. The highest BCUT2D eigenvalue weighted by molar-refractivity contribution is 7.98. The van der Waals surface area contributed by atoms with Crippen molar-refractivity contribution in [1.29, 1.82) is 0 Å². The number of nitrogens with one attached hydrogen (secondary N) is 1. The molecule has 0 bridgehead atoms. The van der Waals surface area contributed by atoms with Crippen LogP contribution in [0.15, 0.2) is 23.1 Å². The summed E-state index contributed by atoms with van der Waals surface area (Å²) in [6.45, 7) is 2.12. The number of hydrogen-bond acceptors (Lipinski definition) is 4. The van der Waals surface area contributed by atoms with Crippen molar-refractivity contribution < 1.29 is 17.9 Å². The Hall–Kier alpha value is -0.920. The van der Waals surface area contributed by atoms with E-state index in [0.29, 0.717) is 13.1 Å². The van der Waals surface area contributed by atoms with Crippen LogP contribution in [-0.4, -0.2) is 50.1 Å². The predicted molar refractivity (Wildman–Crippen MR) is 87.2 cm³/mol. The van der Waals surface area contributed by atoms with Crippen LogP contribution >= 0.6 is 11.8 Å². The Morgan fingerprint density at radius 3 is 2.78 bits per heavy atom. The lowest BCUT2D eigenvalue weighted by Gasteiger charge is -2.22. The second-order valence-corrected chi connectivity index (χ2v) is 6.69. The van der Waals surface area contributed by atoms with E-state index >= 15 is 0 Å². The van der Waals surface area contributed by atoms with Gasteiger partial charge in [-0.15, -0.1) is 11.8 Å². The van der Waals surface area contributed by atoms with Gasteiger partial charge in [0.2, 0.25) is 0 Å². The number of halogens is 3. The van der Waals surface area contributed by atoms with Gasteiger partial charge in [0, 0.05) is 30.1 Å². The van der Waals surface area contributed by atoms with Gasteiger partial charge in [0.05, 0.1) is 13.7 Å². The Kier molecular flexibility index (Phi) is 6.22. The van der Waals surface area contributed by atoms with Crippen molar-refractivity contribution in [2.75, 3.05) is 33.0 Å². The van der Waals surface area contributed by atoms with Gasteiger partial charge in [-0.2, -0.15) is 13.2 Å². The molecule has 1 saturated heterocycles. The first-order valence-corrected chi connectivity index (χ1v) is 8.82. The minimum atomic E-state index is -4.12. The molecular formula is C16H23F3N2OS. The summed E-state index contributed by atoms with van der Waals surface area (Å²) in [6.07, 6.45) is -1.39. The summed E-state index contributed by atoms with van der Waals surface area (Å²) in [7, 11) is 1.64. The molecular weight excluding hydrogens is 325 g/mol. The summed E-state index contributed by atoms with van der Waals surface area (Å²) in [5, 5.41) is 3.43. The maximum absolute atomic E-state index is 12.4. The van der Waals surface area contributed by atoms with E-state index < -0.39 is 12.7 Å². The molecule has 2 rings (SSSR count). The summed E-state index contributed by atoms with van der Waals surface area (Å²) in [6, 6.07) is 6.19. The molecule has 1 aliphatic rings. The second kappa shape index (κ2) is 7.77. The molecule has 0 aliphatic carbocycles. The maximum atomic E-state index is 12.4. The van der Waals surface area contributed by atoms with Crippen LogP contribution in [0, 0.1) is 0 Å². The highest BCUT2D eigenvalue weighted by Crippen LogP contribution is 2.30. The first kappa shape index (κ1) is 18.4. The van der Waals surface area contributed by atoms with E-state index in [2.05, 4.69) is 5.32 Å². The molecule has 1 N–H and O–H groups in total. The van der Waals surface area contributed by atoms with Crippen molar-refractivity contribution in [1.82, 2.24) is 10.2 Å². The van der Waals surface area contributed by atoms with Gasteiger partial charge in [0.15, 0.2) is 0 Å². The van der Waals surface area contributed by atoms with Crippen molar-refractivity contribution in [2.24, 2.45) is 0 Å². The van der Waals surface area contributed by atoms with Gasteiger partial charge < -0.3 is 10.1 Å². The van der Waals surface area contributed by atoms with Crippen LogP contribution in [-0.2, 0) is 0 Å². The third-order valence-electron chi connectivity index (χ3n) is 4.07. The number of likely N-dealkylation sites (tertiary alicyclic amines) is 1. The molecule has 0 spiro atoms. The topological polar surface area (TPSA) is 24.5 Å². The fourth-order valence-electron chi connectivity index (χ4n) is 2.94. The highest BCUT2D eigenvalue weighted by atomic mass is 32.2. The molecule has 3 nitrogen and oxygen atoms in total. The zero-order valence-corrected chi connectivity index (χ0v) is 14.4.